The number of nitrogens with one attached hydrogen (secondary N) is 3. The third-order valence-electron chi connectivity index (χ3n) is 22.8. The van der Waals surface area contributed by atoms with E-state index < -0.39 is 149 Å². The van der Waals surface area contributed by atoms with E-state index in [0.717, 1.165) is 11.1 Å². The number of allylic oxidation sites excluding steroid dienone is 6. The molecule has 9 rings (SSSR count). The van der Waals surface area contributed by atoms with E-state index in [9.17, 15) is 63.1 Å². The number of phosphoric acid groups is 1. The number of aliphatic carboxylic acids is 1. The summed E-state index contributed by atoms with van der Waals surface area (Å²) in [5.41, 5.74) is 31.9. The lowest BCUT2D eigenvalue weighted by Gasteiger charge is -2.48. The standard InChI is InChI=1S/C72H102N15O16P/c1-37-26-48-49(27-38(37)2)87(36-81-48)67-62(98)63(50(35-88)101-67)103-104(99,100)102-39(3)32-80-58(95)21-22-69(8)46(28-54(75)91)66-72(11)71(10,31-56(77)93)45(17-20-57(94)79-24-25-86(34-59(96)97)33-42-14-12-13-23-78-42)61(85-72)41(5)65-70(9,30-55(76)92)43(15-18-52(73)89)47(82-65)29-51-68(6,7)44(16-19-53(74)90)60(83-51)40(4)64(69)84-66/h12-14,23,26-27,29,36,39,43-46,50,62-63,66-67,82,88,98H,15-22,24-25,28,30-35H2,1-11H3,(H2,73,89)(H2,74,90)(H2,75,91)(H2,76,92)(H2,77,93)(H,79,94)(H,80,95)(H,96,97)(H,99,100)/b47-29-,60-40-,65-41-/t39-,43-,44-,45-,46+,50+,62-,63-,66-,67?,69-,70+,71+,72+/m1/s1. The first-order valence-corrected chi connectivity index (χ1v) is 36.7. The molecule has 104 heavy (non-hydrogen) atoms. The van der Waals surface area contributed by atoms with Crippen molar-refractivity contribution in [2.24, 2.45) is 89.0 Å². The van der Waals surface area contributed by atoms with Crippen molar-refractivity contribution in [2.45, 2.75) is 196 Å². The van der Waals surface area contributed by atoms with Gasteiger partial charge in [0.15, 0.2) is 6.23 Å². The molecule has 0 aliphatic carbocycles. The van der Waals surface area contributed by atoms with Gasteiger partial charge in [-0.05, 0) is 120 Å². The van der Waals surface area contributed by atoms with Crippen molar-refractivity contribution in [2.75, 3.05) is 32.8 Å². The number of nitrogens with two attached hydrogens (primary N) is 5. The maximum Gasteiger partial charge on any atom is 0.472 e. The molecule has 566 valence electrons. The number of benzene rings is 1. The Kier molecular flexibility index (Phi) is 24.0. The Labute approximate surface area is 604 Å². The molecule has 17 N–H and O–H groups in total. The van der Waals surface area contributed by atoms with Gasteiger partial charge in [-0.3, -0.25) is 72.3 Å². The largest absolute Gasteiger partial charge is 0.480 e. The van der Waals surface area contributed by atoms with E-state index in [4.69, 9.17) is 57.4 Å². The van der Waals surface area contributed by atoms with E-state index in [1.54, 1.807) is 33.9 Å². The number of phosphoric ester groups is 1. The Bertz CT molecular complexity index is 4130. The number of pyridine rings is 1. The van der Waals surface area contributed by atoms with Crippen LogP contribution in [0.1, 0.15) is 156 Å². The average molecular weight is 1460 g/mol. The van der Waals surface area contributed by atoms with Crippen molar-refractivity contribution >= 4 is 83.3 Å². The van der Waals surface area contributed by atoms with Crippen LogP contribution < -0.4 is 44.6 Å². The molecular formula is C72H102N15O16P. The SMILES string of the molecule is C/C1=C2N=C(/C=C3\N/C(=C(/C)C4=N[C@@](C)([C@@H]5N=C1[C@](C)(CCC(=O)NC[C@@H](C)OP(=O)(O)O[C@@H]1[C@H](CO)OC(n6cnc7cc(C)c(C)cc76)[C@@H]1O)[C@H]5CC(N)=O)[C@@](C)(CC(N)=O)[C@@H]4CCC(=O)NCCN(CC(=O)O)Cc1ccccn1)[C@@](C)(CC(N)=O)[C@@H]3CCC(N)=O)C(C)(C)[C@@H]/2CCC(N)=O. The van der Waals surface area contributed by atoms with Gasteiger partial charge < -0.3 is 74.1 Å². The molecule has 2 saturated heterocycles. The zero-order chi connectivity index (χ0) is 76.5. The third kappa shape index (κ3) is 16.5. The Hall–Kier alpha value is -8.42. The summed E-state index contributed by atoms with van der Waals surface area (Å²) in [5, 5.41) is 41.2. The number of imidazole rings is 1. The van der Waals surface area contributed by atoms with Crippen molar-refractivity contribution < 1.29 is 76.9 Å². The monoisotopic (exact) mass is 1460 g/mol. The number of primary amides is 5. The molecule has 6 aliphatic heterocycles. The van der Waals surface area contributed by atoms with Gasteiger partial charge in [-0.25, -0.2) is 9.55 Å². The van der Waals surface area contributed by atoms with Gasteiger partial charge in [-0.2, -0.15) is 0 Å². The van der Waals surface area contributed by atoms with Crippen LogP contribution in [-0.4, -0.2) is 173 Å². The Morgan fingerprint density at radius 2 is 1.46 bits per heavy atom. The van der Waals surface area contributed by atoms with Crippen LogP contribution in [0, 0.1) is 59.2 Å². The quantitative estimate of drug-likeness (QED) is 0.0386. The van der Waals surface area contributed by atoms with Gasteiger partial charge in [0.05, 0.1) is 53.9 Å². The summed E-state index contributed by atoms with van der Waals surface area (Å²) in [6.45, 7) is 19.2. The van der Waals surface area contributed by atoms with E-state index in [0.29, 0.717) is 62.1 Å². The third-order valence-corrected chi connectivity index (χ3v) is 23.9. The predicted molar refractivity (Wildman–Crippen MR) is 385 cm³/mol. The zero-order valence-electron chi connectivity index (χ0n) is 61.1. The van der Waals surface area contributed by atoms with Crippen molar-refractivity contribution in [1.29, 1.82) is 0 Å². The summed E-state index contributed by atoms with van der Waals surface area (Å²) in [4.78, 5) is 147. The number of carbonyl (C=O) groups is 8. The molecule has 8 heterocycles. The fourth-order valence-electron chi connectivity index (χ4n) is 17.0. The van der Waals surface area contributed by atoms with E-state index >= 15 is 0 Å². The second-order valence-electron chi connectivity index (χ2n) is 30.4. The summed E-state index contributed by atoms with van der Waals surface area (Å²) < 4.78 is 32.5. The number of amides is 7. The molecule has 2 unspecified atom stereocenters. The molecule has 1 aromatic carbocycles. The predicted octanol–water partition coefficient (Wildman–Crippen LogP) is 3.78. The highest BCUT2D eigenvalue weighted by Gasteiger charge is 2.66. The normalized spacial score (nSPS) is 31.2. The minimum atomic E-state index is -5.11. The lowest BCUT2D eigenvalue weighted by atomic mass is 9.55. The van der Waals surface area contributed by atoms with E-state index in [-0.39, 0.29) is 103 Å². The van der Waals surface area contributed by atoms with Gasteiger partial charge in [-0.1, -0.05) is 40.7 Å². The first-order valence-electron chi connectivity index (χ1n) is 35.2. The topological polar surface area (TPSA) is 499 Å². The highest BCUT2D eigenvalue weighted by atomic mass is 31.2. The summed E-state index contributed by atoms with van der Waals surface area (Å²) >= 11 is 0. The summed E-state index contributed by atoms with van der Waals surface area (Å²) in [7, 11) is -5.11. The Morgan fingerprint density at radius 3 is 2.09 bits per heavy atom. The minimum absolute atomic E-state index is 0.0165. The van der Waals surface area contributed by atoms with E-state index in [1.807, 2.05) is 87.4 Å². The molecule has 32 heteroatoms. The molecular weight excluding hydrogens is 1360 g/mol. The molecule has 0 saturated carbocycles. The van der Waals surface area contributed by atoms with Gasteiger partial charge in [0.1, 0.15) is 18.3 Å². The number of carboxylic acid groups (broad SMARTS) is 1. The van der Waals surface area contributed by atoms with Crippen LogP contribution in [0.2, 0.25) is 0 Å². The van der Waals surface area contributed by atoms with Gasteiger partial charge in [-0.15, -0.1) is 0 Å². The van der Waals surface area contributed by atoms with Crippen LogP contribution >= 0.6 is 7.82 Å². The van der Waals surface area contributed by atoms with Crippen LogP contribution in [0.15, 0.2) is 92.1 Å². The number of aromatic nitrogens is 3. The number of fused-ring (bicyclic) bond motifs is 7. The first-order chi connectivity index (χ1) is 48.7. The van der Waals surface area contributed by atoms with Gasteiger partial charge in [0, 0.05) is 157 Å². The van der Waals surface area contributed by atoms with Crippen LogP contribution in [0.3, 0.4) is 0 Å². The maximum absolute atomic E-state index is 14.6. The molecule has 2 fully saturated rings. The van der Waals surface area contributed by atoms with Crippen molar-refractivity contribution in [1.82, 2.24) is 35.4 Å². The lowest BCUT2D eigenvalue weighted by molar-refractivity contribution is -0.138. The number of ether oxygens (including phenoxy) is 1. The van der Waals surface area contributed by atoms with E-state index in [2.05, 4.69) is 25.9 Å². The minimum Gasteiger partial charge on any atom is -0.480 e. The number of carbonyl (C=O) groups excluding carboxylic acids is 7. The second kappa shape index (κ2) is 31.3. The van der Waals surface area contributed by atoms with Gasteiger partial charge in [0.25, 0.3) is 0 Å². The summed E-state index contributed by atoms with van der Waals surface area (Å²) in [6.07, 6.45) is -3.19. The number of nitrogens with zero attached hydrogens (tertiary/aromatic N) is 7. The molecule has 31 nitrogen and oxygen atoms in total. The fourth-order valence-corrected chi connectivity index (χ4v) is 18.1. The summed E-state index contributed by atoms with van der Waals surface area (Å²) in [6, 6.07) is 7.91. The fraction of sp³-hybridized carbons (Fsp3) is 0.597. The highest BCUT2D eigenvalue weighted by molar-refractivity contribution is 7.47. The number of hydrogen-bond acceptors (Lipinski definition) is 21. The van der Waals surface area contributed by atoms with Gasteiger partial charge >= 0.3 is 13.8 Å². The number of aliphatic hydroxyl groups is 2. The molecule has 0 spiro atoms. The number of aliphatic hydroxyl groups excluding tert-OH is 2. The molecule has 0 radical (unpaired) electrons. The zero-order valence-corrected chi connectivity index (χ0v) is 62.0. The lowest BCUT2D eigenvalue weighted by Crippen LogP contribution is -2.56. The smallest absolute Gasteiger partial charge is 0.472 e. The number of hydrogen-bond donors (Lipinski definition) is 12. The molecule has 6 aliphatic rings. The van der Waals surface area contributed by atoms with Crippen molar-refractivity contribution in [3.8, 4) is 0 Å². The van der Waals surface area contributed by atoms with Crippen LogP contribution in [0.4, 0.5) is 0 Å². The second-order valence-corrected chi connectivity index (χ2v) is 31.8. The molecule has 8 bridgehead atoms. The van der Waals surface area contributed by atoms with Gasteiger partial charge in [0.2, 0.25) is 41.4 Å². The summed E-state index contributed by atoms with van der Waals surface area (Å²) in [5.74, 6) is -8.44. The molecule has 7 amide bonds. The van der Waals surface area contributed by atoms with Crippen LogP contribution in [0.25, 0.3) is 11.0 Å². The maximum atomic E-state index is 14.6. The Morgan fingerprint density at radius 1 is 0.808 bits per heavy atom. The molecule has 3 aromatic rings. The number of carboxylic acids is 1. The first kappa shape index (κ1) is 79.7. The number of aryl methyl sites for hydroxylation is 2. The average Bonchev–Trinajstić information content (AvgIpc) is 1.53. The Balaban J connectivity index is 1.10. The molecule has 2 aromatic heterocycles. The van der Waals surface area contributed by atoms with E-state index in [1.165, 1.54) is 13.3 Å². The van der Waals surface area contributed by atoms with Crippen molar-refractivity contribution in [3.63, 3.8) is 0 Å². The number of rotatable bonds is 33. The van der Waals surface area contributed by atoms with Crippen LogP contribution in [-0.2, 0) is 63.3 Å². The molecule has 15 atom stereocenters. The van der Waals surface area contributed by atoms with Crippen molar-refractivity contribution in [3.05, 3.63) is 94.0 Å². The number of aliphatic imine (C=N–C) groups is 3. The van der Waals surface area contributed by atoms with Crippen LogP contribution in [0.5, 0.6) is 0 Å². The highest BCUT2D eigenvalue weighted by Crippen LogP contribution is 2.63.